The van der Waals surface area contributed by atoms with Crippen molar-refractivity contribution in [3.05, 3.63) is 141 Å². The van der Waals surface area contributed by atoms with Gasteiger partial charge < -0.3 is 25.1 Å². The summed E-state index contributed by atoms with van der Waals surface area (Å²) in [5.41, 5.74) is 14.4. The third-order valence-electron chi connectivity index (χ3n) is 10.0. The first kappa shape index (κ1) is 33.8. The van der Waals surface area contributed by atoms with E-state index in [9.17, 15) is 33.0 Å². The predicted octanol–water partition coefficient (Wildman–Crippen LogP) is 6.22. The number of nitrogens with two attached hydrogens (primary N) is 1. The second-order valence-corrected chi connectivity index (χ2v) is 15.3. The molecule has 8 rings (SSSR count). The summed E-state index contributed by atoms with van der Waals surface area (Å²) in [6, 6.07) is 27.3. The molecule has 6 aromatic rings. The number of benzene rings is 4. The maximum Gasteiger partial charge on any atom is 0.336 e. The highest BCUT2D eigenvalue weighted by molar-refractivity contribution is 7.90. The number of hydrogen-bond donors (Lipinski definition) is 3. The number of primary amides is 1. The zero-order valence-electron chi connectivity index (χ0n) is 27.8. The summed E-state index contributed by atoms with van der Waals surface area (Å²) in [6.45, 7) is 0.919. The first-order valence-electron chi connectivity index (χ1n) is 16.9. The Kier molecular flexibility index (Phi) is 8.99. The van der Waals surface area contributed by atoms with E-state index in [0.717, 1.165) is 64.3 Å². The van der Waals surface area contributed by atoms with Crippen molar-refractivity contribution in [2.75, 3.05) is 5.75 Å². The molecule has 0 saturated heterocycles. The SMILES string of the molecule is NC(=O)c1ccc2c(c1)c1c(n2Cc2ccccc2C(=O)O)CCCC1.O=C(O)c1ccccc1Cn1c2c(c3ccccc31)CS(=O)(=O)CC2. The molecule has 260 valence electrons. The van der Waals surface area contributed by atoms with Crippen LogP contribution in [-0.2, 0) is 47.9 Å². The number of aromatic nitrogens is 2. The van der Waals surface area contributed by atoms with Gasteiger partial charge >= 0.3 is 11.9 Å². The Morgan fingerprint density at radius 1 is 0.647 bits per heavy atom. The van der Waals surface area contributed by atoms with Crippen LogP contribution < -0.4 is 5.73 Å². The molecule has 0 atom stereocenters. The molecule has 11 heteroatoms. The van der Waals surface area contributed by atoms with Crippen LogP contribution in [-0.4, -0.2) is 51.4 Å². The van der Waals surface area contributed by atoms with E-state index in [1.165, 1.54) is 11.3 Å². The smallest absolute Gasteiger partial charge is 0.336 e. The summed E-state index contributed by atoms with van der Waals surface area (Å²) in [5.74, 6) is -2.11. The van der Waals surface area contributed by atoms with Crippen LogP contribution in [0.3, 0.4) is 0 Å². The minimum Gasteiger partial charge on any atom is -0.478 e. The van der Waals surface area contributed by atoms with Crippen molar-refractivity contribution in [1.29, 1.82) is 0 Å². The molecule has 3 heterocycles. The topological polar surface area (TPSA) is 162 Å². The molecule has 0 bridgehead atoms. The Morgan fingerprint density at radius 3 is 1.82 bits per heavy atom. The van der Waals surface area contributed by atoms with Crippen molar-refractivity contribution in [3.8, 4) is 0 Å². The van der Waals surface area contributed by atoms with Gasteiger partial charge in [-0.05, 0) is 84.3 Å². The van der Waals surface area contributed by atoms with Crippen LogP contribution in [0.5, 0.6) is 0 Å². The van der Waals surface area contributed by atoms with Crippen LogP contribution in [0.4, 0.5) is 0 Å². The first-order valence-corrected chi connectivity index (χ1v) is 18.7. The number of fused-ring (bicyclic) bond motifs is 6. The molecule has 1 amide bonds. The average molecular weight is 704 g/mol. The van der Waals surface area contributed by atoms with E-state index in [0.29, 0.717) is 36.2 Å². The van der Waals surface area contributed by atoms with Gasteiger partial charge in [-0.15, -0.1) is 0 Å². The van der Waals surface area contributed by atoms with E-state index < -0.39 is 27.7 Å². The minimum absolute atomic E-state index is 0.0520. The van der Waals surface area contributed by atoms with Crippen molar-refractivity contribution >= 4 is 49.5 Å². The average Bonchev–Trinajstić information content (AvgIpc) is 3.59. The van der Waals surface area contributed by atoms with Gasteiger partial charge in [0.25, 0.3) is 0 Å². The van der Waals surface area contributed by atoms with Gasteiger partial charge in [0.15, 0.2) is 9.84 Å². The van der Waals surface area contributed by atoms with E-state index >= 15 is 0 Å². The largest absolute Gasteiger partial charge is 0.478 e. The molecular weight excluding hydrogens is 667 g/mol. The minimum atomic E-state index is -3.08. The van der Waals surface area contributed by atoms with Crippen LogP contribution in [0.25, 0.3) is 21.8 Å². The van der Waals surface area contributed by atoms with E-state index in [-0.39, 0.29) is 17.1 Å². The fraction of sp³-hybridized carbons (Fsp3) is 0.225. The standard InChI is InChI=1S/C21H20N2O3.C19H17NO4S/c22-20(24)13-9-10-19-17(11-13)16-7-3-4-8-18(16)23(19)12-14-5-1-2-6-15(14)21(25)26;21-19(22)14-6-2-1-5-13(14)11-20-17-8-4-3-7-15(17)16-12-25(23,24)10-9-18(16)20/h1-2,5-6,9-11H,3-4,7-8,12H2,(H2,22,24)(H,25,26);1-8H,9-12H2,(H,21,22). The molecule has 1 aliphatic carbocycles. The number of carboxylic acid groups (broad SMARTS) is 2. The number of amides is 1. The molecule has 2 aliphatic rings. The number of aromatic carboxylic acids is 2. The molecule has 0 saturated carbocycles. The van der Waals surface area contributed by atoms with Crippen LogP contribution in [0.1, 0.15) is 77.6 Å². The second kappa shape index (κ2) is 13.6. The normalized spacial score (nSPS) is 14.7. The van der Waals surface area contributed by atoms with Gasteiger partial charge in [0.05, 0.1) is 22.6 Å². The maximum atomic E-state index is 12.1. The van der Waals surface area contributed by atoms with Gasteiger partial charge in [-0.1, -0.05) is 54.6 Å². The second-order valence-electron chi connectivity index (χ2n) is 13.1. The molecule has 0 radical (unpaired) electrons. The summed E-state index contributed by atoms with van der Waals surface area (Å²) in [5, 5.41) is 20.9. The number of para-hydroxylation sites is 1. The maximum absolute atomic E-state index is 12.1. The van der Waals surface area contributed by atoms with Gasteiger partial charge in [-0.25, -0.2) is 18.0 Å². The molecule has 10 nitrogen and oxygen atoms in total. The number of aryl methyl sites for hydroxylation is 1. The molecule has 1 aliphatic heterocycles. The molecule has 0 spiro atoms. The monoisotopic (exact) mass is 703 g/mol. The number of sulfone groups is 1. The number of rotatable bonds is 7. The van der Waals surface area contributed by atoms with Gasteiger partial charge in [-0.2, -0.15) is 0 Å². The van der Waals surface area contributed by atoms with Crippen LogP contribution in [0.2, 0.25) is 0 Å². The van der Waals surface area contributed by atoms with E-state index in [1.807, 2.05) is 60.7 Å². The lowest BCUT2D eigenvalue weighted by molar-refractivity contribution is 0.0684. The van der Waals surface area contributed by atoms with Crippen molar-refractivity contribution in [3.63, 3.8) is 0 Å². The number of nitrogens with zero attached hydrogens (tertiary/aromatic N) is 2. The Bertz CT molecular complexity index is 2480. The number of carbonyl (C=O) groups is 3. The van der Waals surface area contributed by atoms with Crippen molar-refractivity contribution in [2.24, 2.45) is 5.73 Å². The molecule has 51 heavy (non-hydrogen) atoms. The lowest BCUT2D eigenvalue weighted by atomic mass is 9.95. The van der Waals surface area contributed by atoms with Crippen molar-refractivity contribution in [2.45, 2.75) is 50.9 Å². The highest BCUT2D eigenvalue weighted by Gasteiger charge is 2.28. The van der Waals surface area contributed by atoms with E-state index in [2.05, 4.69) is 9.13 Å². The van der Waals surface area contributed by atoms with Gasteiger partial charge in [0.1, 0.15) is 0 Å². The van der Waals surface area contributed by atoms with Gasteiger partial charge in [-0.3, -0.25) is 4.79 Å². The Balaban J connectivity index is 0.000000159. The molecular formula is C40H37N3O7S. The molecule has 4 N–H and O–H groups in total. The molecule has 0 fully saturated rings. The number of hydrogen-bond acceptors (Lipinski definition) is 5. The molecule has 2 aromatic heterocycles. The summed E-state index contributed by atoms with van der Waals surface area (Å²) >= 11 is 0. The Hall–Kier alpha value is -5.68. The Labute approximate surface area is 294 Å². The van der Waals surface area contributed by atoms with Gasteiger partial charge in [0.2, 0.25) is 5.91 Å². The van der Waals surface area contributed by atoms with Crippen LogP contribution in [0.15, 0.2) is 91.0 Å². The lowest BCUT2D eigenvalue weighted by Crippen LogP contribution is -2.21. The van der Waals surface area contributed by atoms with E-state index in [4.69, 9.17) is 5.73 Å². The third-order valence-corrected chi connectivity index (χ3v) is 11.6. The van der Waals surface area contributed by atoms with Crippen LogP contribution in [0, 0.1) is 0 Å². The van der Waals surface area contributed by atoms with E-state index in [1.54, 1.807) is 30.3 Å². The van der Waals surface area contributed by atoms with Crippen LogP contribution >= 0.6 is 0 Å². The highest BCUT2D eigenvalue weighted by atomic mass is 32.2. The summed E-state index contributed by atoms with van der Waals surface area (Å²) < 4.78 is 28.4. The molecule has 4 aromatic carbocycles. The zero-order chi connectivity index (χ0) is 35.9. The Morgan fingerprint density at radius 2 is 1.20 bits per heavy atom. The zero-order valence-corrected chi connectivity index (χ0v) is 28.7. The summed E-state index contributed by atoms with van der Waals surface area (Å²) in [7, 11) is -3.08. The highest BCUT2D eigenvalue weighted by Crippen LogP contribution is 2.35. The molecule has 0 unspecified atom stereocenters. The third kappa shape index (κ3) is 6.52. The fourth-order valence-corrected chi connectivity index (χ4v) is 9.05. The quantitative estimate of drug-likeness (QED) is 0.178. The number of carboxylic acids is 2. The predicted molar refractivity (Wildman–Crippen MR) is 195 cm³/mol. The van der Waals surface area contributed by atoms with Gasteiger partial charge in [0, 0.05) is 58.3 Å². The summed E-state index contributed by atoms with van der Waals surface area (Å²) in [4.78, 5) is 34.6. The number of carbonyl (C=O) groups excluding carboxylic acids is 1. The van der Waals surface area contributed by atoms with Crippen molar-refractivity contribution < 1.29 is 33.0 Å². The van der Waals surface area contributed by atoms with Crippen molar-refractivity contribution in [1.82, 2.24) is 9.13 Å². The lowest BCUT2D eigenvalue weighted by Gasteiger charge is -2.17. The first-order chi connectivity index (χ1) is 24.5. The summed E-state index contributed by atoms with van der Waals surface area (Å²) in [6.07, 6.45) is 4.64. The fourth-order valence-electron chi connectivity index (χ4n) is 7.64.